The predicted molar refractivity (Wildman–Crippen MR) is 60.0 cm³/mol. The summed E-state index contributed by atoms with van der Waals surface area (Å²) in [5.41, 5.74) is 2.51. The van der Waals surface area contributed by atoms with Crippen LogP contribution in [-0.4, -0.2) is 12.1 Å². The molecule has 0 amide bonds. The standard InChI is InChI=1S/C13H13NO/c1-15-13-10-12(7-8-14-13)9-11-5-3-2-4-6-11/h2-8,10H,9H2,1H3. The molecular formula is C13H13NO. The molecule has 0 aliphatic heterocycles. The monoisotopic (exact) mass is 199 g/mol. The summed E-state index contributed by atoms with van der Waals surface area (Å²) in [6, 6.07) is 14.3. The Morgan fingerprint density at radius 3 is 2.60 bits per heavy atom. The van der Waals surface area contributed by atoms with E-state index in [2.05, 4.69) is 17.1 Å². The third-order valence-corrected chi connectivity index (χ3v) is 2.26. The molecule has 2 nitrogen and oxygen atoms in total. The lowest BCUT2D eigenvalue weighted by atomic mass is 10.1. The fourth-order valence-corrected chi connectivity index (χ4v) is 1.50. The van der Waals surface area contributed by atoms with Gasteiger partial charge in [-0.05, 0) is 23.6 Å². The van der Waals surface area contributed by atoms with Crippen LogP contribution in [0.15, 0.2) is 48.7 Å². The summed E-state index contributed by atoms with van der Waals surface area (Å²) in [6.45, 7) is 0. The molecule has 15 heavy (non-hydrogen) atoms. The number of methoxy groups -OCH3 is 1. The van der Waals surface area contributed by atoms with E-state index in [4.69, 9.17) is 4.74 Å². The Bertz CT molecular complexity index is 426. The van der Waals surface area contributed by atoms with E-state index in [-0.39, 0.29) is 0 Å². The zero-order chi connectivity index (χ0) is 10.5. The van der Waals surface area contributed by atoms with Gasteiger partial charge in [-0.3, -0.25) is 0 Å². The number of pyridine rings is 1. The van der Waals surface area contributed by atoms with Gasteiger partial charge in [-0.15, -0.1) is 0 Å². The minimum atomic E-state index is 0.670. The van der Waals surface area contributed by atoms with Crippen LogP contribution in [0, 0.1) is 0 Å². The molecule has 76 valence electrons. The van der Waals surface area contributed by atoms with Gasteiger partial charge >= 0.3 is 0 Å². The second kappa shape index (κ2) is 4.60. The zero-order valence-corrected chi connectivity index (χ0v) is 8.68. The Kier molecular flexibility index (Phi) is 2.98. The highest BCUT2D eigenvalue weighted by atomic mass is 16.5. The van der Waals surface area contributed by atoms with Crippen LogP contribution in [0.25, 0.3) is 0 Å². The maximum atomic E-state index is 5.08. The summed E-state index contributed by atoms with van der Waals surface area (Å²) in [7, 11) is 1.63. The second-order valence-corrected chi connectivity index (χ2v) is 3.37. The van der Waals surface area contributed by atoms with Crippen LogP contribution in [-0.2, 0) is 6.42 Å². The van der Waals surface area contributed by atoms with Gasteiger partial charge in [0.2, 0.25) is 5.88 Å². The third kappa shape index (κ3) is 2.56. The van der Waals surface area contributed by atoms with Crippen molar-refractivity contribution in [2.24, 2.45) is 0 Å². The molecule has 1 aromatic heterocycles. The first-order valence-electron chi connectivity index (χ1n) is 4.91. The molecule has 0 atom stereocenters. The molecular weight excluding hydrogens is 186 g/mol. The molecule has 0 spiro atoms. The molecule has 0 radical (unpaired) electrons. The van der Waals surface area contributed by atoms with Crippen LogP contribution in [0.1, 0.15) is 11.1 Å². The van der Waals surface area contributed by atoms with Crippen LogP contribution in [0.4, 0.5) is 0 Å². The van der Waals surface area contributed by atoms with Crippen molar-refractivity contribution in [1.29, 1.82) is 0 Å². The Morgan fingerprint density at radius 2 is 1.87 bits per heavy atom. The fourth-order valence-electron chi connectivity index (χ4n) is 1.50. The molecule has 0 aliphatic rings. The second-order valence-electron chi connectivity index (χ2n) is 3.37. The highest BCUT2D eigenvalue weighted by molar-refractivity contribution is 5.27. The smallest absolute Gasteiger partial charge is 0.213 e. The van der Waals surface area contributed by atoms with Gasteiger partial charge < -0.3 is 4.74 Å². The van der Waals surface area contributed by atoms with E-state index >= 15 is 0 Å². The van der Waals surface area contributed by atoms with Crippen LogP contribution >= 0.6 is 0 Å². The number of rotatable bonds is 3. The van der Waals surface area contributed by atoms with Gasteiger partial charge in [-0.1, -0.05) is 30.3 Å². The number of ether oxygens (including phenoxy) is 1. The molecule has 1 heterocycles. The van der Waals surface area contributed by atoms with Gasteiger partial charge in [0, 0.05) is 12.3 Å². The number of hydrogen-bond acceptors (Lipinski definition) is 2. The first kappa shape index (κ1) is 9.71. The molecule has 0 aliphatic carbocycles. The molecule has 1 aromatic carbocycles. The fraction of sp³-hybridized carbons (Fsp3) is 0.154. The topological polar surface area (TPSA) is 22.1 Å². The summed E-state index contributed by atoms with van der Waals surface area (Å²) in [4.78, 5) is 4.08. The third-order valence-electron chi connectivity index (χ3n) is 2.26. The normalized spacial score (nSPS) is 9.93. The maximum Gasteiger partial charge on any atom is 0.213 e. The first-order chi connectivity index (χ1) is 7.38. The van der Waals surface area contributed by atoms with E-state index in [0.29, 0.717) is 5.88 Å². The molecule has 0 bridgehead atoms. The lowest BCUT2D eigenvalue weighted by Gasteiger charge is -2.03. The maximum absolute atomic E-state index is 5.08. The lowest BCUT2D eigenvalue weighted by Crippen LogP contribution is -1.91. The molecule has 0 N–H and O–H groups in total. The Morgan fingerprint density at radius 1 is 1.07 bits per heavy atom. The van der Waals surface area contributed by atoms with Crippen LogP contribution in [0.3, 0.4) is 0 Å². The van der Waals surface area contributed by atoms with E-state index in [0.717, 1.165) is 6.42 Å². The summed E-state index contributed by atoms with van der Waals surface area (Å²) in [5, 5.41) is 0. The van der Waals surface area contributed by atoms with Crippen molar-refractivity contribution in [1.82, 2.24) is 4.98 Å². The van der Waals surface area contributed by atoms with Crippen molar-refractivity contribution in [2.75, 3.05) is 7.11 Å². The minimum Gasteiger partial charge on any atom is -0.481 e. The van der Waals surface area contributed by atoms with Crippen LogP contribution in [0.5, 0.6) is 5.88 Å². The van der Waals surface area contributed by atoms with Crippen molar-refractivity contribution >= 4 is 0 Å². The van der Waals surface area contributed by atoms with Crippen molar-refractivity contribution in [2.45, 2.75) is 6.42 Å². The number of nitrogens with zero attached hydrogens (tertiary/aromatic N) is 1. The average molecular weight is 199 g/mol. The molecule has 2 rings (SSSR count). The van der Waals surface area contributed by atoms with Gasteiger partial charge in [0.25, 0.3) is 0 Å². The molecule has 0 saturated carbocycles. The van der Waals surface area contributed by atoms with Crippen molar-refractivity contribution in [3.05, 3.63) is 59.8 Å². The number of hydrogen-bond donors (Lipinski definition) is 0. The van der Waals surface area contributed by atoms with Crippen molar-refractivity contribution < 1.29 is 4.74 Å². The summed E-state index contributed by atoms with van der Waals surface area (Å²) < 4.78 is 5.08. The number of aromatic nitrogens is 1. The van der Waals surface area contributed by atoms with Gasteiger partial charge in [0.1, 0.15) is 0 Å². The molecule has 2 heteroatoms. The van der Waals surface area contributed by atoms with Crippen LogP contribution in [0.2, 0.25) is 0 Å². The van der Waals surface area contributed by atoms with E-state index in [1.807, 2.05) is 30.3 Å². The predicted octanol–water partition coefficient (Wildman–Crippen LogP) is 2.68. The van der Waals surface area contributed by atoms with Gasteiger partial charge in [-0.2, -0.15) is 0 Å². The summed E-state index contributed by atoms with van der Waals surface area (Å²) >= 11 is 0. The first-order valence-corrected chi connectivity index (χ1v) is 4.91. The van der Waals surface area contributed by atoms with Gasteiger partial charge in [0.15, 0.2) is 0 Å². The van der Waals surface area contributed by atoms with E-state index in [1.54, 1.807) is 13.3 Å². The molecule has 0 fully saturated rings. The van der Waals surface area contributed by atoms with Gasteiger partial charge in [0.05, 0.1) is 7.11 Å². The summed E-state index contributed by atoms with van der Waals surface area (Å²) in [6.07, 6.45) is 2.69. The molecule has 0 unspecified atom stereocenters. The minimum absolute atomic E-state index is 0.670. The Hall–Kier alpha value is -1.83. The quantitative estimate of drug-likeness (QED) is 0.758. The van der Waals surface area contributed by atoms with Crippen molar-refractivity contribution in [3.8, 4) is 5.88 Å². The Labute approximate surface area is 89.6 Å². The Balaban J connectivity index is 2.17. The molecule has 0 saturated heterocycles. The molecule has 2 aromatic rings. The number of benzene rings is 1. The largest absolute Gasteiger partial charge is 0.481 e. The van der Waals surface area contributed by atoms with E-state index in [9.17, 15) is 0 Å². The van der Waals surface area contributed by atoms with Crippen LogP contribution < -0.4 is 4.74 Å². The highest BCUT2D eigenvalue weighted by Crippen LogP contribution is 2.13. The van der Waals surface area contributed by atoms with Gasteiger partial charge in [-0.25, -0.2) is 4.98 Å². The lowest BCUT2D eigenvalue weighted by molar-refractivity contribution is 0.397. The SMILES string of the molecule is COc1cc(Cc2ccccc2)ccn1. The summed E-state index contributed by atoms with van der Waals surface area (Å²) in [5.74, 6) is 0.670. The van der Waals surface area contributed by atoms with Crippen molar-refractivity contribution in [3.63, 3.8) is 0 Å². The zero-order valence-electron chi connectivity index (χ0n) is 8.68. The highest BCUT2D eigenvalue weighted by Gasteiger charge is 1.98. The average Bonchev–Trinajstić information content (AvgIpc) is 2.31. The van der Waals surface area contributed by atoms with E-state index < -0.39 is 0 Å². The van der Waals surface area contributed by atoms with E-state index in [1.165, 1.54) is 11.1 Å².